The van der Waals surface area contributed by atoms with Gasteiger partial charge in [0.1, 0.15) is 0 Å². The molecule has 0 radical (unpaired) electrons. The summed E-state index contributed by atoms with van der Waals surface area (Å²) in [5.74, 6) is -2.69. The maximum Gasteiger partial charge on any atom is 0.269 e. The van der Waals surface area contributed by atoms with Crippen LogP contribution in [0.4, 0.5) is 17.1 Å². The van der Waals surface area contributed by atoms with Crippen molar-refractivity contribution in [2.75, 3.05) is 10.0 Å². The average molecular weight is 510 g/mol. The molecule has 9 nitrogen and oxygen atoms in total. The predicted octanol–water partition coefficient (Wildman–Crippen LogP) is 5.37. The van der Waals surface area contributed by atoms with Crippen LogP contribution in [0.1, 0.15) is 36.5 Å². The van der Waals surface area contributed by atoms with E-state index in [9.17, 15) is 19.7 Å². The summed E-state index contributed by atoms with van der Waals surface area (Å²) in [4.78, 5) is 38.6. The summed E-state index contributed by atoms with van der Waals surface area (Å²) in [5.41, 5.74) is 5.07. The number of hydrogen-bond acceptors (Lipinski definition) is 6. The van der Waals surface area contributed by atoms with Gasteiger partial charge < -0.3 is 0 Å². The average Bonchev–Trinajstić information content (AvgIpc) is 3.36. The SMILES string of the molecule is CC1=NN(c2ccc(C)cc2)C(=O)[C@H]1C(c1ccc([N+](=O)[O-])cc1)[C@H]1C(=O)N(c2ccc(C)cc2)N=C1C. The lowest BCUT2D eigenvalue weighted by Crippen LogP contribution is -2.40. The largest absolute Gasteiger partial charge is 0.272 e. The minimum Gasteiger partial charge on any atom is -0.272 e. The molecule has 2 aliphatic rings. The number of carbonyl (C=O) groups excluding carboxylic acids is 2. The highest BCUT2D eigenvalue weighted by atomic mass is 16.6. The zero-order valence-corrected chi connectivity index (χ0v) is 21.5. The number of benzene rings is 3. The number of nitro groups is 1. The summed E-state index contributed by atoms with van der Waals surface area (Å²) in [6.45, 7) is 7.48. The Morgan fingerprint density at radius 1 is 0.684 bits per heavy atom. The number of hydrazone groups is 2. The first kappa shape index (κ1) is 25.0. The highest BCUT2D eigenvalue weighted by Crippen LogP contribution is 2.43. The molecule has 2 amide bonds. The molecule has 0 aromatic heterocycles. The normalized spacial score (nSPS) is 20.0. The van der Waals surface area contributed by atoms with Gasteiger partial charge >= 0.3 is 0 Å². The maximum atomic E-state index is 13.9. The molecule has 192 valence electrons. The third-order valence-electron chi connectivity index (χ3n) is 7.13. The third-order valence-corrected chi connectivity index (χ3v) is 7.13. The van der Waals surface area contributed by atoms with Crippen molar-refractivity contribution in [2.24, 2.45) is 22.0 Å². The Kier molecular flexibility index (Phi) is 6.36. The highest BCUT2D eigenvalue weighted by Gasteiger charge is 2.50. The first-order valence-corrected chi connectivity index (χ1v) is 12.3. The minimum absolute atomic E-state index is 0.0682. The van der Waals surface area contributed by atoms with Crippen molar-refractivity contribution < 1.29 is 14.5 Å². The summed E-state index contributed by atoms with van der Waals surface area (Å²) in [7, 11) is 0. The van der Waals surface area contributed by atoms with Crippen LogP contribution in [-0.2, 0) is 9.59 Å². The topological polar surface area (TPSA) is 108 Å². The van der Waals surface area contributed by atoms with Crippen LogP contribution in [-0.4, -0.2) is 28.2 Å². The molecule has 0 N–H and O–H groups in total. The van der Waals surface area contributed by atoms with Crippen molar-refractivity contribution in [1.29, 1.82) is 0 Å². The number of rotatable bonds is 6. The van der Waals surface area contributed by atoms with Gasteiger partial charge in [0.05, 0.1) is 28.1 Å². The number of nitro benzene ring substituents is 1. The predicted molar refractivity (Wildman–Crippen MR) is 146 cm³/mol. The van der Waals surface area contributed by atoms with Gasteiger partial charge in [-0.25, -0.2) is 10.0 Å². The molecular weight excluding hydrogens is 482 g/mol. The van der Waals surface area contributed by atoms with E-state index >= 15 is 0 Å². The number of anilines is 2. The van der Waals surface area contributed by atoms with Gasteiger partial charge in [0.2, 0.25) is 0 Å². The lowest BCUT2D eigenvalue weighted by Gasteiger charge is -2.28. The van der Waals surface area contributed by atoms with Crippen LogP contribution < -0.4 is 10.0 Å². The first-order valence-electron chi connectivity index (χ1n) is 12.3. The number of carbonyl (C=O) groups is 2. The van der Waals surface area contributed by atoms with E-state index in [-0.39, 0.29) is 17.5 Å². The van der Waals surface area contributed by atoms with Gasteiger partial charge in [0.25, 0.3) is 17.5 Å². The summed E-state index contributed by atoms with van der Waals surface area (Å²) < 4.78 is 0. The fourth-order valence-electron chi connectivity index (χ4n) is 5.12. The van der Waals surface area contributed by atoms with E-state index in [0.717, 1.165) is 11.1 Å². The van der Waals surface area contributed by atoms with Crippen molar-refractivity contribution in [2.45, 2.75) is 33.6 Å². The van der Waals surface area contributed by atoms with Crippen LogP contribution >= 0.6 is 0 Å². The molecule has 3 atom stereocenters. The standard InChI is InChI=1S/C29H27N5O4/c1-17-5-11-22(12-6-17)32-28(35)25(19(3)30-32)27(21-9-15-24(16-10-21)34(37)38)26-20(4)31-33(29(26)36)23-13-7-18(2)8-14-23/h5-16,25-27H,1-4H3/t25-,26+,27?. The molecule has 0 spiro atoms. The van der Waals surface area contributed by atoms with Crippen LogP contribution in [0.15, 0.2) is 83.0 Å². The number of hydrogen-bond donors (Lipinski definition) is 0. The quantitative estimate of drug-likeness (QED) is 0.329. The molecule has 3 aromatic carbocycles. The van der Waals surface area contributed by atoms with E-state index in [1.54, 1.807) is 26.0 Å². The molecule has 2 aliphatic heterocycles. The van der Waals surface area contributed by atoms with Gasteiger partial charge in [-0.1, -0.05) is 47.5 Å². The zero-order chi connectivity index (χ0) is 27.1. The number of non-ortho nitro benzene ring substituents is 1. The number of amides is 2. The Balaban J connectivity index is 1.57. The molecule has 0 aliphatic carbocycles. The summed E-state index contributed by atoms with van der Waals surface area (Å²) in [6.07, 6.45) is 0. The van der Waals surface area contributed by atoms with Crippen LogP contribution in [0.25, 0.3) is 0 Å². The van der Waals surface area contributed by atoms with E-state index in [1.807, 2.05) is 62.4 Å². The zero-order valence-electron chi connectivity index (χ0n) is 21.5. The van der Waals surface area contributed by atoms with Gasteiger partial charge in [0.15, 0.2) is 0 Å². The molecule has 1 unspecified atom stereocenters. The lowest BCUT2D eigenvalue weighted by atomic mass is 9.73. The summed E-state index contributed by atoms with van der Waals surface area (Å²) in [6, 6.07) is 21.0. The van der Waals surface area contributed by atoms with Crippen molar-refractivity contribution >= 4 is 40.3 Å². The molecule has 2 heterocycles. The maximum absolute atomic E-state index is 13.9. The van der Waals surface area contributed by atoms with Crippen molar-refractivity contribution in [1.82, 2.24) is 0 Å². The smallest absolute Gasteiger partial charge is 0.269 e. The second-order valence-electron chi connectivity index (χ2n) is 9.78. The van der Waals surface area contributed by atoms with Gasteiger partial charge in [-0.2, -0.15) is 10.2 Å². The molecular formula is C29H27N5O4. The molecule has 0 bridgehead atoms. The molecule has 9 heteroatoms. The van der Waals surface area contributed by atoms with Gasteiger partial charge in [-0.15, -0.1) is 0 Å². The minimum atomic E-state index is -0.755. The van der Waals surface area contributed by atoms with Gasteiger partial charge in [0, 0.05) is 29.5 Å². The Bertz CT molecular complexity index is 1390. The Hall–Kier alpha value is -4.66. The second-order valence-corrected chi connectivity index (χ2v) is 9.78. The van der Waals surface area contributed by atoms with Gasteiger partial charge in [-0.3, -0.25) is 19.7 Å². The van der Waals surface area contributed by atoms with Crippen molar-refractivity contribution in [3.05, 3.63) is 99.6 Å². The number of nitrogens with zero attached hydrogens (tertiary/aromatic N) is 5. The van der Waals surface area contributed by atoms with E-state index in [1.165, 1.54) is 22.2 Å². The van der Waals surface area contributed by atoms with Crippen LogP contribution in [0.2, 0.25) is 0 Å². The van der Waals surface area contributed by atoms with E-state index in [2.05, 4.69) is 10.2 Å². The monoisotopic (exact) mass is 509 g/mol. The van der Waals surface area contributed by atoms with E-state index in [4.69, 9.17) is 0 Å². The molecule has 3 aromatic rings. The first-order chi connectivity index (χ1) is 18.2. The third kappa shape index (κ3) is 4.36. The molecule has 38 heavy (non-hydrogen) atoms. The van der Waals surface area contributed by atoms with Gasteiger partial charge in [-0.05, 0) is 57.5 Å². The van der Waals surface area contributed by atoms with Crippen molar-refractivity contribution in [3.8, 4) is 0 Å². The fourth-order valence-corrected chi connectivity index (χ4v) is 5.12. The molecule has 0 saturated carbocycles. The lowest BCUT2D eigenvalue weighted by molar-refractivity contribution is -0.384. The summed E-state index contributed by atoms with van der Waals surface area (Å²) in [5, 5.41) is 23.2. The van der Waals surface area contributed by atoms with Crippen LogP contribution in [0, 0.1) is 35.8 Å². The number of aryl methyl sites for hydroxylation is 2. The Morgan fingerprint density at radius 2 is 1.08 bits per heavy atom. The Labute approximate surface area is 220 Å². The molecule has 0 fully saturated rings. The highest BCUT2D eigenvalue weighted by molar-refractivity contribution is 6.19. The van der Waals surface area contributed by atoms with Crippen molar-refractivity contribution in [3.63, 3.8) is 0 Å². The fraction of sp³-hybridized carbons (Fsp3) is 0.241. The Morgan fingerprint density at radius 3 is 1.45 bits per heavy atom. The second kappa shape index (κ2) is 9.66. The van der Waals surface area contributed by atoms with E-state index in [0.29, 0.717) is 28.4 Å². The van der Waals surface area contributed by atoms with Crippen LogP contribution in [0.3, 0.4) is 0 Å². The molecule has 0 saturated heterocycles. The van der Waals surface area contributed by atoms with Crippen LogP contribution in [0.5, 0.6) is 0 Å². The van der Waals surface area contributed by atoms with E-state index < -0.39 is 22.7 Å². The summed E-state index contributed by atoms with van der Waals surface area (Å²) >= 11 is 0. The molecule has 5 rings (SSSR count).